The number of amidine groups is 1. The van der Waals surface area contributed by atoms with Crippen LogP contribution in [-0.4, -0.2) is 27.9 Å². The summed E-state index contributed by atoms with van der Waals surface area (Å²) >= 11 is 0. The van der Waals surface area contributed by atoms with Crippen molar-refractivity contribution < 1.29 is 26.3 Å². The van der Waals surface area contributed by atoms with Crippen molar-refractivity contribution >= 4 is 5.84 Å². The summed E-state index contributed by atoms with van der Waals surface area (Å²) in [6.45, 7) is 0.900. The Morgan fingerprint density at radius 1 is 1.06 bits per heavy atom. The molecule has 1 aliphatic rings. The van der Waals surface area contributed by atoms with Gasteiger partial charge >= 0.3 is 6.18 Å². The molecule has 3 heterocycles. The Balaban J connectivity index is 1.80. The Morgan fingerprint density at radius 2 is 1.74 bits per heavy atom. The maximum Gasteiger partial charge on any atom is 0.433 e. The average Bonchev–Trinajstić information content (AvgIpc) is 3.13. The molecule has 4 rings (SSSR count). The highest BCUT2D eigenvalue weighted by Gasteiger charge is 2.46. The Morgan fingerprint density at radius 3 is 2.32 bits per heavy atom. The molecular formula is C23H18F6N4O. The van der Waals surface area contributed by atoms with E-state index >= 15 is 0 Å². The van der Waals surface area contributed by atoms with E-state index in [1.165, 1.54) is 42.6 Å². The lowest BCUT2D eigenvalue weighted by Crippen LogP contribution is -2.48. The molecule has 11 heteroatoms. The van der Waals surface area contributed by atoms with Gasteiger partial charge in [-0.3, -0.25) is 14.8 Å². The number of hydrogen-bond acceptors (Lipinski definition) is 4. The summed E-state index contributed by atoms with van der Waals surface area (Å²) in [6, 6.07) is 9.41. The lowest BCUT2D eigenvalue weighted by atomic mass is 9.79. The number of halogens is 6. The largest absolute Gasteiger partial charge is 0.433 e. The lowest BCUT2D eigenvalue weighted by Gasteiger charge is -2.35. The monoisotopic (exact) mass is 480 g/mol. The van der Waals surface area contributed by atoms with E-state index in [4.69, 9.17) is 0 Å². The molecule has 0 saturated heterocycles. The number of rotatable bonds is 5. The number of pyridine rings is 2. The third kappa shape index (κ3) is 4.29. The smallest absolute Gasteiger partial charge is 0.354 e. The summed E-state index contributed by atoms with van der Waals surface area (Å²) in [7, 11) is 0. The van der Waals surface area contributed by atoms with E-state index in [0.717, 1.165) is 22.9 Å². The molecule has 5 nitrogen and oxygen atoms in total. The fourth-order valence-electron chi connectivity index (χ4n) is 4.02. The van der Waals surface area contributed by atoms with Gasteiger partial charge in [-0.1, -0.05) is 18.2 Å². The highest BCUT2D eigenvalue weighted by atomic mass is 19.4. The van der Waals surface area contributed by atoms with Crippen LogP contribution in [0.15, 0.2) is 70.7 Å². The van der Waals surface area contributed by atoms with E-state index in [9.17, 15) is 31.1 Å². The minimum Gasteiger partial charge on any atom is -0.354 e. The van der Waals surface area contributed by atoms with E-state index in [0.29, 0.717) is 16.7 Å². The van der Waals surface area contributed by atoms with Crippen LogP contribution in [0.3, 0.4) is 0 Å². The molecule has 0 saturated carbocycles. The minimum absolute atomic E-state index is 0.236. The molecule has 1 aliphatic heterocycles. The molecule has 0 spiro atoms. The minimum atomic E-state index is -4.63. The maximum atomic E-state index is 13.6. The first-order chi connectivity index (χ1) is 16.0. The second-order valence-corrected chi connectivity index (χ2v) is 7.82. The number of aliphatic imine (C=N–C) groups is 1. The first-order valence-electron chi connectivity index (χ1n) is 10.2. The van der Waals surface area contributed by atoms with Crippen molar-refractivity contribution in [3.8, 4) is 0 Å². The fraction of sp³-hybridized carbons (Fsp3) is 0.261. The van der Waals surface area contributed by atoms with Gasteiger partial charge < -0.3 is 9.88 Å². The SMILES string of the molecule is C[C@@H]1N=C(c2ccc(=O)n(CC(F)F)c2)N[C@]1(c1ccc(F)cc1)c1ccc(C(F)(F)F)nc1. The lowest BCUT2D eigenvalue weighted by molar-refractivity contribution is -0.141. The summed E-state index contributed by atoms with van der Waals surface area (Å²) in [6.07, 6.45) is -5.07. The first-order valence-corrected chi connectivity index (χ1v) is 10.2. The predicted octanol–water partition coefficient (Wildman–Crippen LogP) is 4.35. The zero-order valence-corrected chi connectivity index (χ0v) is 17.7. The Hall–Kier alpha value is -3.63. The quantitative estimate of drug-likeness (QED) is 0.553. The standard InChI is InChI=1S/C23H18F6N4O/c1-13-22(15-3-6-17(24)7-4-15,16-5-8-18(30-10-16)23(27,28)29)32-21(31-13)14-2-9-20(34)33(11-14)12-19(25)26/h2-11,13,19H,12H2,1H3,(H,31,32)/t13-,22+/m0/s1. The zero-order chi connectivity index (χ0) is 24.7. The van der Waals surface area contributed by atoms with Crippen LogP contribution in [-0.2, 0) is 18.3 Å². The van der Waals surface area contributed by atoms with Crippen molar-refractivity contribution in [2.24, 2.45) is 4.99 Å². The van der Waals surface area contributed by atoms with Gasteiger partial charge in [0.2, 0.25) is 0 Å². The molecule has 34 heavy (non-hydrogen) atoms. The van der Waals surface area contributed by atoms with Crippen LogP contribution in [0.5, 0.6) is 0 Å². The number of nitrogens with one attached hydrogen (secondary N) is 1. The van der Waals surface area contributed by atoms with Crippen molar-refractivity contribution in [3.63, 3.8) is 0 Å². The van der Waals surface area contributed by atoms with Crippen LogP contribution < -0.4 is 10.9 Å². The molecule has 3 aromatic rings. The third-order valence-electron chi connectivity index (χ3n) is 5.67. The van der Waals surface area contributed by atoms with Crippen molar-refractivity contribution in [1.82, 2.24) is 14.9 Å². The Bertz CT molecular complexity index is 1270. The molecule has 1 aromatic carbocycles. The fourth-order valence-corrected chi connectivity index (χ4v) is 4.02. The van der Waals surface area contributed by atoms with Crippen LogP contribution in [0.2, 0.25) is 0 Å². The van der Waals surface area contributed by atoms with Crippen molar-refractivity contribution in [2.45, 2.75) is 37.7 Å². The second kappa shape index (κ2) is 8.62. The molecule has 0 unspecified atom stereocenters. The van der Waals surface area contributed by atoms with Gasteiger partial charge in [0.25, 0.3) is 12.0 Å². The molecule has 0 radical (unpaired) electrons. The van der Waals surface area contributed by atoms with Gasteiger partial charge in [-0.15, -0.1) is 0 Å². The van der Waals surface area contributed by atoms with Crippen molar-refractivity contribution in [3.05, 3.63) is 99.5 Å². The van der Waals surface area contributed by atoms with Gasteiger partial charge in [-0.25, -0.2) is 13.2 Å². The number of hydrogen-bond donors (Lipinski definition) is 1. The van der Waals surface area contributed by atoms with Crippen molar-refractivity contribution in [2.75, 3.05) is 0 Å². The highest BCUT2D eigenvalue weighted by molar-refractivity contribution is 6.01. The first kappa shape index (κ1) is 23.5. The average molecular weight is 480 g/mol. The van der Waals surface area contributed by atoms with Crippen LogP contribution in [0.25, 0.3) is 0 Å². The molecule has 0 bridgehead atoms. The van der Waals surface area contributed by atoms with Crippen LogP contribution in [0.4, 0.5) is 26.3 Å². The summed E-state index contributed by atoms with van der Waals surface area (Å²) < 4.78 is 79.4. The van der Waals surface area contributed by atoms with Gasteiger partial charge in [0.15, 0.2) is 0 Å². The van der Waals surface area contributed by atoms with Crippen LogP contribution in [0.1, 0.15) is 29.3 Å². The number of aromatic nitrogens is 2. The summed E-state index contributed by atoms with van der Waals surface area (Å²) in [5, 5.41) is 3.18. The molecule has 178 valence electrons. The van der Waals surface area contributed by atoms with E-state index < -0.39 is 47.8 Å². The van der Waals surface area contributed by atoms with E-state index in [2.05, 4.69) is 15.3 Å². The van der Waals surface area contributed by atoms with E-state index in [-0.39, 0.29) is 5.84 Å². The molecule has 0 fully saturated rings. The molecule has 0 aliphatic carbocycles. The van der Waals surface area contributed by atoms with Crippen molar-refractivity contribution in [1.29, 1.82) is 0 Å². The molecule has 2 aromatic heterocycles. The predicted molar refractivity (Wildman–Crippen MR) is 112 cm³/mol. The van der Waals surface area contributed by atoms with Gasteiger partial charge in [-0.2, -0.15) is 13.2 Å². The third-order valence-corrected chi connectivity index (χ3v) is 5.67. The van der Waals surface area contributed by atoms with E-state index in [1.54, 1.807) is 6.92 Å². The zero-order valence-electron chi connectivity index (χ0n) is 17.7. The van der Waals surface area contributed by atoms with Gasteiger partial charge in [0, 0.05) is 29.6 Å². The van der Waals surface area contributed by atoms with Crippen LogP contribution >= 0.6 is 0 Å². The molecule has 2 atom stereocenters. The number of alkyl halides is 5. The summed E-state index contributed by atoms with van der Waals surface area (Å²) in [5.41, 5.74) is -1.76. The number of benzene rings is 1. The number of nitrogens with zero attached hydrogens (tertiary/aromatic N) is 3. The van der Waals surface area contributed by atoms with Gasteiger partial charge in [0.1, 0.15) is 22.9 Å². The van der Waals surface area contributed by atoms with Crippen LogP contribution in [0, 0.1) is 5.82 Å². The Kier molecular flexibility index (Phi) is 5.96. The molecule has 1 N–H and O–H groups in total. The van der Waals surface area contributed by atoms with Gasteiger partial charge in [0.05, 0.1) is 12.6 Å². The highest BCUT2D eigenvalue weighted by Crippen LogP contribution is 2.39. The Labute approximate surface area is 189 Å². The second-order valence-electron chi connectivity index (χ2n) is 7.82. The maximum absolute atomic E-state index is 13.6. The molecule has 0 amide bonds. The van der Waals surface area contributed by atoms with E-state index in [1.807, 2.05) is 0 Å². The summed E-state index contributed by atoms with van der Waals surface area (Å²) in [4.78, 5) is 20.1. The normalized spacial score (nSPS) is 20.4. The molecular weight excluding hydrogens is 462 g/mol. The summed E-state index contributed by atoms with van der Waals surface area (Å²) in [5.74, 6) is -0.268. The van der Waals surface area contributed by atoms with Gasteiger partial charge in [-0.05, 0) is 36.8 Å². The topological polar surface area (TPSA) is 59.3 Å².